The predicted octanol–water partition coefficient (Wildman–Crippen LogP) is 3.70. The van der Waals surface area contributed by atoms with Gasteiger partial charge in [0.2, 0.25) is 0 Å². The molecule has 88 valence electrons. The van der Waals surface area contributed by atoms with Crippen LogP contribution in [0.1, 0.15) is 19.4 Å². The first kappa shape index (κ1) is 13.1. The molecule has 0 bridgehead atoms. The fraction of sp³-hybridized carbons (Fsp3) is 0.455. The van der Waals surface area contributed by atoms with Crippen LogP contribution in [0.2, 0.25) is 0 Å². The number of nitro benzene ring substituents is 1. The van der Waals surface area contributed by atoms with Crippen LogP contribution in [-0.2, 0) is 6.42 Å². The van der Waals surface area contributed by atoms with E-state index < -0.39 is 10.7 Å². The lowest BCUT2D eigenvalue weighted by Gasteiger charge is -2.13. The quantitative estimate of drug-likeness (QED) is 0.482. The van der Waals surface area contributed by atoms with E-state index in [9.17, 15) is 14.5 Å². The normalized spacial score (nSPS) is 12.8. The van der Waals surface area contributed by atoms with Gasteiger partial charge in [-0.25, -0.2) is 4.39 Å². The van der Waals surface area contributed by atoms with Gasteiger partial charge in [0.05, 0.1) is 11.0 Å². The van der Waals surface area contributed by atoms with Gasteiger partial charge < -0.3 is 0 Å². The first-order chi connectivity index (χ1) is 7.41. The smallest absolute Gasteiger partial charge is 0.258 e. The minimum Gasteiger partial charge on any atom is -0.258 e. The van der Waals surface area contributed by atoms with E-state index in [2.05, 4.69) is 15.9 Å². The standard InChI is InChI=1S/C11H13BrFNO2/c1-7(2)10(12)5-8-3-4-9(13)6-11(8)14(15)16/h3-4,6-7,10H,5H2,1-2H3. The largest absolute Gasteiger partial charge is 0.275 e. The molecule has 0 radical (unpaired) electrons. The van der Waals surface area contributed by atoms with Gasteiger partial charge in [-0.15, -0.1) is 0 Å². The number of hydrogen-bond acceptors (Lipinski definition) is 2. The average molecular weight is 290 g/mol. The van der Waals surface area contributed by atoms with Crippen LogP contribution in [-0.4, -0.2) is 9.75 Å². The summed E-state index contributed by atoms with van der Waals surface area (Å²) >= 11 is 3.46. The summed E-state index contributed by atoms with van der Waals surface area (Å²) < 4.78 is 12.9. The van der Waals surface area contributed by atoms with Gasteiger partial charge >= 0.3 is 0 Å². The SMILES string of the molecule is CC(C)C(Br)Cc1ccc(F)cc1[N+](=O)[O-]. The van der Waals surface area contributed by atoms with E-state index in [4.69, 9.17) is 0 Å². The van der Waals surface area contributed by atoms with Gasteiger partial charge in [0.15, 0.2) is 0 Å². The Morgan fingerprint density at radius 3 is 2.62 bits per heavy atom. The molecular weight excluding hydrogens is 277 g/mol. The number of hydrogen-bond donors (Lipinski definition) is 0. The van der Waals surface area contributed by atoms with Crippen LogP contribution in [0, 0.1) is 21.8 Å². The Kier molecular flexibility index (Phi) is 4.41. The summed E-state index contributed by atoms with van der Waals surface area (Å²) in [5.41, 5.74) is 0.409. The third kappa shape index (κ3) is 3.27. The van der Waals surface area contributed by atoms with Gasteiger partial charge in [0.25, 0.3) is 5.69 Å². The predicted molar refractivity (Wildman–Crippen MR) is 64.3 cm³/mol. The van der Waals surface area contributed by atoms with Gasteiger partial charge in [0, 0.05) is 10.4 Å². The fourth-order valence-electron chi connectivity index (χ4n) is 1.33. The Hall–Kier alpha value is -0.970. The van der Waals surface area contributed by atoms with Crippen molar-refractivity contribution in [3.8, 4) is 0 Å². The van der Waals surface area contributed by atoms with E-state index in [1.54, 1.807) is 0 Å². The minimum atomic E-state index is -0.578. The highest BCUT2D eigenvalue weighted by atomic mass is 79.9. The summed E-state index contributed by atoms with van der Waals surface area (Å²) in [6.45, 7) is 4.05. The molecule has 1 unspecified atom stereocenters. The monoisotopic (exact) mass is 289 g/mol. The molecule has 0 saturated carbocycles. The Morgan fingerprint density at radius 1 is 1.50 bits per heavy atom. The lowest BCUT2D eigenvalue weighted by molar-refractivity contribution is -0.385. The van der Waals surface area contributed by atoms with Crippen LogP contribution < -0.4 is 0 Å². The molecule has 16 heavy (non-hydrogen) atoms. The molecule has 0 fully saturated rings. The molecule has 0 N–H and O–H groups in total. The van der Waals surface area contributed by atoms with Crippen molar-refractivity contribution in [2.24, 2.45) is 5.92 Å². The topological polar surface area (TPSA) is 43.1 Å². The van der Waals surface area contributed by atoms with E-state index in [1.807, 2.05) is 13.8 Å². The lowest BCUT2D eigenvalue weighted by atomic mass is 10.0. The maximum Gasteiger partial charge on any atom is 0.275 e. The molecule has 5 heteroatoms. The molecular formula is C11H13BrFNO2. The molecule has 1 aromatic carbocycles. The highest BCUT2D eigenvalue weighted by Gasteiger charge is 2.19. The van der Waals surface area contributed by atoms with Crippen LogP contribution in [0.5, 0.6) is 0 Å². The zero-order valence-corrected chi connectivity index (χ0v) is 10.7. The zero-order chi connectivity index (χ0) is 12.3. The second-order valence-corrected chi connectivity index (χ2v) is 5.17. The fourth-order valence-corrected chi connectivity index (χ4v) is 1.67. The second-order valence-electron chi connectivity index (χ2n) is 3.99. The summed E-state index contributed by atoms with van der Waals surface area (Å²) in [5.74, 6) is -0.212. The van der Waals surface area contributed by atoms with Gasteiger partial charge in [-0.05, 0) is 24.5 Å². The molecule has 0 aliphatic rings. The van der Waals surface area contributed by atoms with Gasteiger partial charge in [-0.2, -0.15) is 0 Å². The summed E-state index contributed by atoms with van der Waals surface area (Å²) in [6.07, 6.45) is 0.522. The Balaban J connectivity index is 2.99. The van der Waals surface area contributed by atoms with Gasteiger partial charge in [0.1, 0.15) is 5.82 Å². The number of nitrogens with zero attached hydrogens (tertiary/aromatic N) is 1. The molecule has 0 aliphatic carbocycles. The maximum absolute atomic E-state index is 12.9. The van der Waals surface area contributed by atoms with Crippen molar-refractivity contribution < 1.29 is 9.31 Å². The lowest BCUT2D eigenvalue weighted by Crippen LogP contribution is -2.11. The van der Waals surface area contributed by atoms with Crippen molar-refractivity contribution >= 4 is 21.6 Å². The van der Waals surface area contributed by atoms with Crippen LogP contribution in [0.15, 0.2) is 18.2 Å². The zero-order valence-electron chi connectivity index (χ0n) is 9.11. The Morgan fingerprint density at radius 2 is 2.12 bits per heavy atom. The summed E-state index contributed by atoms with van der Waals surface area (Å²) in [5, 5.41) is 10.7. The van der Waals surface area contributed by atoms with E-state index in [0.717, 1.165) is 6.07 Å². The minimum absolute atomic E-state index is 0.148. The number of rotatable bonds is 4. The van der Waals surface area contributed by atoms with Crippen molar-refractivity contribution in [3.63, 3.8) is 0 Å². The first-order valence-corrected chi connectivity index (χ1v) is 5.90. The molecule has 0 aliphatic heterocycles. The van der Waals surface area contributed by atoms with E-state index in [-0.39, 0.29) is 10.5 Å². The van der Waals surface area contributed by atoms with Crippen LogP contribution in [0.25, 0.3) is 0 Å². The molecule has 3 nitrogen and oxygen atoms in total. The van der Waals surface area contributed by atoms with Crippen molar-refractivity contribution in [1.29, 1.82) is 0 Å². The Bertz CT molecular complexity index is 396. The second kappa shape index (κ2) is 5.39. The highest BCUT2D eigenvalue weighted by Crippen LogP contribution is 2.25. The summed E-state index contributed by atoms with van der Waals surface area (Å²) in [6, 6.07) is 3.70. The van der Waals surface area contributed by atoms with E-state index in [1.165, 1.54) is 12.1 Å². The van der Waals surface area contributed by atoms with Gasteiger partial charge in [-0.1, -0.05) is 29.8 Å². The molecule has 1 atom stereocenters. The van der Waals surface area contributed by atoms with Gasteiger partial charge in [-0.3, -0.25) is 10.1 Å². The van der Waals surface area contributed by atoms with Crippen molar-refractivity contribution in [3.05, 3.63) is 39.7 Å². The summed E-state index contributed by atoms with van der Waals surface area (Å²) in [4.78, 5) is 10.4. The highest BCUT2D eigenvalue weighted by molar-refractivity contribution is 9.09. The third-order valence-electron chi connectivity index (χ3n) is 2.38. The molecule has 0 amide bonds. The number of benzene rings is 1. The molecule has 1 aromatic rings. The summed E-state index contributed by atoms with van der Waals surface area (Å²) in [7, 11) is 0. The molecule has 0 saturated heterocycles. The molecule has 0 aromatic heterocycles. The van der Waals surface area contributed by atoms with Crippen molar-refractivity contribution in [2.75, 3.05) is 0 Å². The van der Waals surface area contributed by atoms with E-state index in [0.29, 0.717) is 17.9 Å². The van der Waals surface area contributed by atoms with Crippen LogP contribution in [0.4, 0.5) is 10.1 Å². The van der Waals surface area contributed by atoms with Crippen molar-refractivity contribution in [2.45, 2.75) is 25.1 Å². The van der Waals surface area contributed by atoms with Crippen LogP contribution in [0.3, 0.4) is 0 Å². The van der Waals surface area contributed by atoms with Crippen LogP contribution >= 0.6 is 15.9 Å². The molecule has 1 rings (SSSR count). The molecule has 0 spiro atoms. The third-order valence-corrected chi connectivity index (χ3v) is 3.76. The first-order valence-electron chi connectivity index (χ1n) is 4.98. The molecule has 0 heterocycles. The average Bonchev–Trinajstić information content (AvgIpc) is 2.20. The van der Waals surface area contributed by atoms with E-state index >= 15 is 0 Å². The number of alkyl halides is 1. The number of nitro groups is 1. The maximum atomic E-state index is 12.9. The Labute approximate surface area is 102 Å². The number of halogens is 2. The van der Waals surface area contributed by atoms with Crippen molar-refractivity contribution in [1.82, 2.24) is 0 Å².